The van der Waals surface area contributed by atoms with E-state index in [9.17, 15) is 0 Å². The van der Waals surface area contributed by atoms with Crippen LogP contribution in [0, 0.1) is 0 Å². The average Bonchev–Trinajstić information content (AvgIpc) is 3.03. The second-order valence-corrected chi connectivity index (χ2v) is 5.93. The first-order chi connectivity index (χ1) is 10.3. The summed E-state index contributed by atoms with van der Waals surface area (Å²) in [7, 11) is 1.68. The predicted octanol–water partition coefficient (Wildman–Crippen LogP) is 0.728. The fourth-order valence-electron chi connectivity index (χ4n) is 2.65. The third kappa shape index (κ3) is 5.89. The second-order valence-electron chi connectivity index (χ2n) is 5.52. The molecule has 1 heterocycles. The minimum Gasteiger partial charge on any atom is -0.497 e. The maximum absolute atomic E-state index is 5.30. The van der Waals surface area contributed by atoms with Crippen molar-refractivity contribution >= 4 is 17.3 Å². The Kier molecular flexibility index (Phi) is 6.76. The summed E-state index contributed by atoms with van der Waals surface area (Å²) in [6.07, 6.45) is 3.97. The van der Waals surface area contributed by atoms with Crippen LogP contribution in [-0.4, -0.2) is 38.4 Å². The molecule has 5 heteroatoms. The zero-order chi connectivity index (χ0) is 14.9. The molecule has 1 saturated heterocycles. The number of hydrogen-bond donors (Lipinski definition) is 3. The Labute approximate surface area is 132 Å². The Morgan fingerprint density at radius 2 is 1.90 bits per heavy atom. The summed E-state index contributed by atoms with van der Waals surface area (Å²) < 4.78 is 5.14. The number of nitrogens with one attached hydrogen (secondary N) is 3. The van der Waals surface area contributed by atoms with E-state index in [4.69, 9.17) is 17.0 Å². The maximum atomic E-state index is 5.30. The number of hydrogen-bond acceptors (Lipinski definition) is 2. The molecule has 2 rings (SSSR count). The SMILES string of the molecule is COc1ccc(CNC(=S)NCCC[NH+]2CCCC2)cc1. The number of ether oxygens (including phenoxy) is 1. The third-order valence-electron chi connectivity index (χ3n) is 3.92. The number of rotatable bonds is 7. The molecule has 0 spiro atoms. The lowest BCUT2D eigenvalue weighted by atomic mass is 10.2. The quantitative estimate of drug-likeness (QED) is 0.513. The summed E-state index contributed by atoms with van der Waals surface area (Å²) in [5.74, 6) is 0.879. The number of likely N-dealkylation sites (tertiary alicyclic amines) is 1. The van der Waals surface area contributed by atoms with Crippen LogP contribution in [0.1, 0.15) is 24.8 Å². The summed E-state index contributed by atoms with van der Waals surface area (Å²) in [5.41, 5.74) is 1.20. The first kappa shape index (κ1) is 16.0. The molecule has 116 valence electrons. The van der Waals surface area contributed by atoms with Gasteiger partial charge >= 0.3 is 0 Å². The van der Waals surface area contributed by atoms with Crippen molar-refractivity contribution in [3.05, 3.63) is 29.8 Å². The molecule has 4 nitrogen and oxygen atoms in total. The third-order valence-corrected chi connectivity index (χ3v) is 4.20. The fraction of sp³-hybridized carbons (Fsp3) is 0.562. The summed E-state index contributed by atoms with van der Waals surface area (Å²) in [6, 6.07) is 8.02. The number of benzene rings is 1. The van der Waals surface area contributed by atoms with Crippen LogP contribution >= 0.6 is 12.2 Å². The van der Waals surface area contributed by atoms with E-state index in [1.54, 1.807) is 12.0 Å². The summed E-state index contributed by atoms with van der Waals surface area (Å²) >= 11 is 5.30. The highest BCUT2D eigenvalue weighted by molar-refractivity contribution is 7.80. The van der Waals surface area contributed by atoms with Crippen LogP contribution in [0.25, 0.3) is 0 Å². The van der Waals surface area contributed by atoms with Gasteiger partial charge in [0.1, 0.15) is 5.75 Å². The molecule has 0 aliphatic carbocycles. The van der Waals surface area contributed by atoms with Gasteiger partial charge in [-0.3, -0.25) is 0 Å². The van der Waals surface area contributed by atoms with Gasteiger partial charge in [0.05, 0.1) is 26.7 Å². The Morgan fingerprint density at radius 1 is 1.19 bits per heavy atom. The van der Waals surface area contributed by atoms with Crippen molar-refractivity contribution < 1.29 is 9.64 Å². The molecule has 1 fully saturated rings. The van der Waals surface area contributed by atoms with E-state index in [-0.39, 0.29) is 0 Å². The van der Waals surface area contributed by atoms with Crippen molar-refractivity contribution in [3.8, 4) is 5.75 Å². The molecule has 0 bridgehead atoms. The number of quaternary nitrogens is 1. The van der Waals surface area contributed by atoms with Crippen molar-refractivity contribution in [2.45, 2.75) is 25.8 Å². The predicted molar refractivity (Wildman–Crippen MR) is 89.8 cm³/mol. The molecule has 1 aliphatic heterocycles. The molecule has 1 aliphatic rings. The van der Waals surface area contributed by atoms with Crippen molar-refractivity contribution in [2.24, 2.45) is 0 Å². The Balaban J connectivity index is 1.56. The van der Waals surface area contributed by atoms with E-state index < -0.39 is 0 Å². The first-order valence-electron chi connectivity index (χ1n) is 7.76. The van der Waals surface area contributed by atoms with E-state index in [0.717, 1.165) is 24.0 Å². The molecule has 0 amide bonds. The smallest absolute Gasteiger partial charge is 0.166 e. The van der Waals surface area contributed by atoms with E-state index in [1.807, 2.05) is 24.3 Å². The van der Waals surface area contributed by atoms with Crippen LogP contribution in [0.4, 0.5) is 0 Å². The van der Waals surface area contributed by atoms with Gasteiger partial charge in [0.25, 0.3) is 0 Å². The van der Waals surface area contributed by atoms with Crippen molar-refractivity contribution in [1.82, 2.24) is 10.6 Å². The van der Waals surface area contributed by atoms with E-state index in [2.05, 4.69) is 10.6 Å². The lowest BCUT2D eigenvalue weighted by Crippen LogP contribution is -3.10. The molecule has 0 atom stereocenters. The zero-order valence-electron chi connectivity index (χ0n) is 12.8. The lowest BCUT2D eigenvalue weighted by molar-refractivity contribution is -0.887. The van der Waals surface area contributed by atoms with Crippen LogP contribution in [0.3, 0.4) is 0 Å². The van der Waals surface area contributed by atoms with Crippen LogP contribution < -0.4 is 20.3 Å². The maximum Gasteiger partial charge on any atom is 0.166 e. The van der Waals surface area contributed by atoms with E-state index >= 15 is 0 Å². The van der Waals surface area contributed by atoms with Gasteiger partial charge < -0.3 is 20.3 Å². The highest BCUT2D eigenvalue weighted by Gasteiger charge is 2.13. The van der Waals surface area contributed by atoms with Gasteiger partial charge in [0.2, 0.25) is 0 Å². The van der Waals surface area contributed by atoms with Crippen molar-refractivity contribution in [1.29, 1.82) is 0 Å². The molecule has 0 aromatic heterocycles. The molecular weight excluding hydrogens is 282 g/mol. The minimum atomic E-state index is 0.738. The van der Waals surface area contributed by atoms with E-state index in [1.165, 1.54) is 44.5 Å². The second kappa shape index (κ2) is 8.85. The van der Waals surface area contributed by atoms with Crippen LogP contribution in [0.15, 0.2) is 24.3 Å². The van der Waals surface area contributed by atoms with Gasteiger partial charge in [-0.2, -0.15) is 0 Å². The van der Waals surface area contributed by atoms with Crippen LogP contribution in [0.5, 0.6) is 5.75 Å². The molecule has 0 radical (unpaired) electrons. The highest BCUT2D eigenvalue weighted by Crippen LogP contribution is 2.10. The Morgan fingerprint density at radius 3 is 2.57 bits per heavy atom. The molecule has 1 aromatic rings. The summed E-state index contributed by atoms with van der Waals surface area (Å²) in [6.45, 7) is 5.65. The Hall–Kier alpha value is -1.33. The highest BCUT2D eigenvalue weighted by atomic mass is 32.1. The molecule has 21 heavy (non-hydrogen) atoms. The van der Waals surface area contributed by atoms with Gasteiger partial charge in [0, 0.05) is 32.4 Å². The number of thiocarbonyl (C=S) groups is 1. The lowest BCUT2D eigenvalue weighted by Gasteiger charge is -2.13. The normalized spacial score (nSPS) is 14.9. The Bertz CT molecular complexity index is 430. The molecule has 1 aromatic carbocycles. The molecule has 3 N–H and O–H groups in total. The largest absolute Gasteiger partial charge is 0.497 e. The van der Waals surface area contributed by atoms with Crippen LogP contribution in [-0.2, 0) is 6.54 Å². The van der Waals surface area contributed by atoms with Crippen molar-refractivity contribution in [3.63, 3.8) is 0 Å². The average molecular weight is 308 g/mol. The molecule has 0 unspecified atom stereocenters. The van der Waals surface area contributed by atoms with Gasteiger partial charge in [-0.25, -0.2) is 0 Å². The van der Waals surface area contributed by atoms with Crippen molar-refractivity contribution in [2.75, 3.05) is 33.3 Å². The minimum absolute atomic E-state index is 0.738. The standard InChI is InChI=1S/C16H25N3OS/c1-20-15-7-5-14(6-8-15)13-18-16(21)17-9-4-12-19-10-2-3-11-19/h5-8H,2-4,9-13H2,1H3,(H2,17,18,21)/p+1. The van der Waals surface area contributed by atoms with Gasteiger partial charge in [-0.1, -0.05) is 12.1 Å². The zero-order valence-corrected chi connectivity index (χ0v) is 13.6. The fourth-order valence-corrected chi connectivity index (χ4v) is 2.83. The van der Waals surface area contributed by atoms with Gasteiger partial charge in [0.15, 0.2) is 5.11 Å². The summed E-state index contributed by atoms with van der Waals surface area (Å²) in [5, 5.41) is 7.26. The first-order valence-corrected chi connectivity index (χ1v) is 8.17. The van der Waals surface area contributed by atoms with Crippen LogP contribution in [0.2, 0.25) is 0 Å². The topological polar surface area (TPSA) is 37.7 Å². The molecule has 0 saturated carbocycles. The number of methoxy groups -OCH3 is 1. The monoisotopic (exact) mass is 308 g/mol. The summed E-state index contributed by atoms with van der Waals surface area (Å²) in [4.78, 5) is 1.74. The molecular formula is C16H26N3OS+. The van der Waals surface area contributed by atoms with E-state index in [0.29, 0.717) is 0 Å². The van der Waals surface area contributed by atoms with Gasteiger partial charge in [-0.15, -0.1) is 0 Å². The van der Waals surface area contributed by atoms with Gasteiger partial charge in [-0.05, 0) is 29.9 Å².